The normalized spacial score (nSPS) is 12.1. The standard InChI is InChI=1S/C19H16N4O/c1-11(14-8-4-6-12-5-2-3-7-15(12)14)9-13-10-24-18-16(13)17(20)22-19(21)23-18/h2-10H,1H3,(H4,20,21,22,23)/b11-9-. The maximum Gasteiger partial charge on any atom is 0.233 e. The lowest BCUT2D eigenvalue weighted by Gasteiger charge is -2.07. The van der Waals surface area contributed by atoms with Crippen molar-refractivity contribution in [3.63, 3.8) is 0 Å². The summed E-state index contributed by atoms with van der Waals surface area (Å²) in [6.45, 7) is 2.06. The Morgan fingerprint density at radius 2 is 1.83 bits per heavy atom. The second kappa shape index (κ2) is 5.38. The van der Waals surface area contributed by atoms with Gasteiger partial charge in [-0.25, -0.2) is 0 Å². The molecule has 0 unspecified atom stereocenters. The summed E-state index contributed by atoms with van der Waals surface area (Å²) in [5.41, 5.74) is 15.1. The molecule has 0 aliphatic heterocycles. The van der Waals surface area contributed by atoms with E-state index in [1.165, 1.54) is 10.8 Å². The van der Waals surface area contributed by atoms with Crippen molar-refractivity contribution >= 4 is 45.3 Å². The number of nitrogens with zero attached hydrogens (tertiary/aromatic N) is 2. The van der Waals surface area contributed by atoms with E-state index in [2.05, 4.69) is 47.2 Å². The van der Waals surface area contributed by atoms with E-state index in [-0.39, 0.29) is 5.95 Å². The van der Waals surface area contributed by atoms with Crippen molar-refractivity contribution in [2.45, 2.75) is 6.92 Å². The highest BCUT2D eigenvalue weighted by Crippen LogP contribution is 2.31. The SMILES string of the molecule is C/C(=C/c1coc2nc(N)nc(N)c12)c1cccc2ccccc12. The molecule has 4 aromatic rings. The quantitative estimate of drug-likeness (QED) is 0.581. The molecule has 2 aromatic carbocycles. The molecule has 24 heavy (non-hydrogen) atoms. The molecule has 0 bridgehead atoms. The zero-order chi connectivity index (χ0) is 16.7. The van der Waals surface area contributed by atoms with E-state index >= 15 is 0 Å². The molecule has 0 aliphatic rings. The highest BCUT2D eigenvalue weighted by molar-refractivity contribution is 6.01. The Bertz CT molecular complexity index is 1090. The van der Waals surface area contributed by atoms with Gasteiger partial charge in [0.25, 0.3) is 0 Å². The molecule has 0 saturated carbocycles. The van der Waals surface area contributed by atoms with Gasteiger partial charge in [0.05, 0.1) is 5.39 Å². The van der Waals surface area contributed by atoms with Crippen molar-refractivity contribution in [3.05, 3.63) is 59.9 Å². The molecule has 2 aromatic heterocycles. The average Bonchev–Trinajstić information content (AvgIpc) is 2.97. The van der Waals surface area contributed by atoms with Crippen LogP contribution >= 0.6 is 0 Å². The molecule has 5 heteroatoms. The van der Waals surface area contributed by atoms with Gasteiger partial charge in [0.2, 0.25) is 11.7 Å². The Morgan fingerprint density at radius 3 is 2.71 bits per heavy atom. The molecule has 0 aliphatic carbocycles. The van der Waals surface area contributed by atoms with Crippen LogP contribution in [0.4, 0.5) is 11.8 Å². The summed E-state index contributed by atoms with van der Waals surface area (Å²) >= 11 is 0. The van der Waals surface area contributed by atoms with Gasteiger partial charge >= 0.3 is 0 Å². The first-order chi connectivity index (χ1) is 11.6. The van der Waals surface area contributed by atoms with Gasteiger partial charge in [-0.2, -0.15) is 9.97 Å². The number of benzene rings is 2. The van der Waals surface area contributed by atoms with Crippen LogP contribution in [0.3, 0.4) is 0 Å². The Kier molecular flexibility index (Phi) is 3.20. The minimum absolute atomic E-state index is 0.107. The zero-order valence-corrected chi connectivity index (χ0v) is 13.2. The summed E-state index contributed by atoms with van der Waals surface area (Å²) in [5, 5.41) is 3.09. The zero-order valence-electron chi connectivity index (χ0n) is 13.2. The topological polar surface area (TPSA) is 91.0 Å². The number of nitrogen functional groups attached to an aromatic ring is 2. The molecule has 4 rings (SSSR count). The van der Waals surface area contributed by atoms with Crippen molar-refractivity contribution in [2.24, 2.45) is 0 Å². The van der Waals surface area contributed by atoms with Crippen molar-refractivity contribution in [1.29, 1.82) is 0 Å². The van der Waals surface area contributed by atoms with E-state index in [0.29, 0.717) is 16.9 Å². The molecule has 0 atom stereocenters. The number of fused-ring (bicyclic) bond motifs is 2. The van der Waals surface area contributed by atoms with Gasteiger partial charge in [0, 0.05) is 5.56 Å². The second-order valence-corrected chi connectivity index (χ2v) is 5.69. The van der Waals surface area contributed by atoms with Crippen LogP contribution in [-0.4, -0.2) is 9.97 Å². The van der Waals surface area contributed by atoms with Gasteiger partial charge in [0.15, 0.2) is 0 Å². The summed E-state index contributed by atoms with van der Waals surface area (Å²) in [5.74, 6) is 0.430. The number of hydrogen-bond acceptors (Lipinski definition) is 5. The van der Waals surface area contributed by atoms with Crippen LogP contribution in [0.15, 0.2) is 53.1 Å². The first-order valence-electron chi connectivity index (χ1n) is 7.60. The third-order valence-corrected chi connectivity index (χ3v) is 4.09. The second-order valence-electron chi connectivity index (χ2n) is 5.69. The van der Waals surface area contributed by atoms with Crippen molar-refractivity contribution in [1.82, 2.24) is 9.97 Å². The minimum Gasteiger partial charge on any atom is -0.445 e. The van der Waals surface area contributed by atoms with Crippen LogP contribution < -0.4 is 11.5 Å². The maximum atomic E-state index is 5.99. The summed E-state index contributed by atoms with van der Waals surface area (Å²) in [6, 6.07) is 14.6. The summed E-state index contributed by atoms with van der Waals surface area (Å²) in [4.78, 5) is 8.10. The van der Waals surface area contributed by atoms with Crippen molar-refractivity contribution < 1.29 is 4.42 Å². The van der Waals surface area contributed by atoms with Gasteiger partial charge in [-0.15, -0.1) is 0 Å². The fourth-order valence-electron chi connectivity index (χ4n) is 3.00. The molecule has 4 N–H and O–H groups in total. The number of nitrogens with two attached hydrogens (primary N) is 2. The van der Waals surface area contributed by atoms with Gasteiger partial charge < -0.3 is 15.9 Å². The van der Waals surface area contributed by atoms with E-state index in [0.717, 1.165) is 16.7 Å². The number of furan rings is 1. The average molecular weight is 316 g/mol. The Morgan fingerprint density at radius 1 is 1.04 bits per heavy atom. The first-order valence-corrected chi connectivity index (χ1v) is 7.60. The smallest absolute Gasteiger partial charge is 0.233 e. The molecule has 0 amide bonds. The van der Waals surface area contributed by atoms with E-state index in [1.54, 1.807) is 6.26 Å². The van der Waals surface area contributed by atoms with Crippen LogP contribution in [0.2, 0.25) is 0 Å². The lowest BCUT2D eigenvalue weighted by molar-refractivity contribution is 0.602. The molecule has 5 nitrogen and oxygen atoms in total. The summed E-state index contributed by atoms with van der Waals surface area (Å²) in [7, 11) is 0. The molecule has 118 valence electrons. The predicted octanol–water partition coefficient (Wildman–Crippen LogP) is 4.10. The number of hydrogen-bond donors (Lipinski definition) is 2. The summed E-state index contributed by atoms with van der Waals surface area (Å²) in [6.07, 6.45) is 3.66. The Labute approximate surface area is 138 Å². The van der Waals surface area contributed by atoms with Crippen molar-refractivity contribution in [3.8, 4) is 0 Å². The fourth-order valence-corrected chi connectivity index (χ4v) is 3.00. The van der Waals surface area contributed by atoms with Crippen LogP contribution in [0.5, 0.6) is 0 Å². The van der Waals surface area contributed by atoms with E-state index in [4.69, 9.17) is 15.9 Å². The molecule has 0 fully saturated rings. The fraction of sp³-hybridized carbons (Fsp3) is 0.0526. The van der Waals surface area contributed by atoms with Crippen LogP contribution in [-0.2, 0) is 0 Å². The minimum atomic E-state index is 0.107. The number of aromatic nitrogens is 2. The Balaban J connectivity index is 1.89. The number of anilines is 2. The molecule has 0 saturated heterocycles. The number of allylic oxidation sites excluding steroid dienone is 1. The monoisotopic (exact) mass is 316 g/mol. The lowest BCUT2D eigenvalue weighted by Crippen LogP contribution is -1.99. The molecule has 0 spiro atoms. The lowest BCUT2D eigenvalue weighted by atomic mass is 9.98. The summed E-state index contributed by atoms with van der Waals surface area (Å²) < 4.78 is 5.48. The van der Waals surface area contributed by atoms with Crippen LogP contribution in [0.25, 0.3) is 33.5 Å². The highest BCUT2D eigenvalue weighted by atomic mass is 16.3. The first kappa shape index (κ1) is 14.3. The van der Waals surface area contributed by atoms with Gasteiger partial charge in [-0.05, 0) is 34.9 Å². The Hall–Kier alpha value is -3.34. The van der Waals surface area contributed by atoms with Crippen molar-refractivity contribution in [2.75, 3.05) is 11.5 Å². The predicted molar refractivity (Wildman–Crippen MR) is 98.1 cm³/mol. The van der Waals surface area contributed by atoms with E-state index < -0.39 is 0 Å². The highest BCUT2D eigenvalue weighted by Gasteiger charge is 2.12. The molecule has 0 radical (unpaired) electrons. The third-order valence-electron chi connectivity index (χ3n) is 4.09. The van der Waals surface area contributed by atoms with Crippen LogP contribution in [0.1, 0.15) is 18.1 Å². The molecule has 2 heterocycles. The van der Waals surface area contributed by atoms with Crippen LogP contribution in [0, 0.1) is 0 Å². The largest absolute Gasteiger partial charge is 0.445 e. The maximum absolute atomic E-state index is 5.99. The van der Waals surface area contributed by atoms with Gasteiger partial charge in [-0.3, -0.25) is 0 Å². The van der Waals surface area contributed by atoms with E-state index in [9.17, 15) is 0 Å². The molecular weight excluding hydrogens is 300 g/mol. The number of rotatable bonds is 2. The van der Waals surface area contributed by atoms with Gasteiger partial charge in [-0.1, -0.05) is 42.5 Å². The molecular formula is C19H16N4O. The van der Waals surface area contributed by atoms with Gasteiger partial charge in [0.1, 0.15) is 12.1 Å². The third kappa shape index (κ3) is 2.27. The van der Waals surface area contributed by atoms with E-state index in [1.807, 2.05) is 18.2 Å².